The number of fused-ring (bicyclic) bond motifs is 8. The fourth-order valence-corrected chi connectivity index (χ4v) is 8.54. The number of nitrogens with one attached hydrogen (secondary N) is 2. The first-order valence-corrected chi connectivity index (χ1v) is 19.0. The predicted molar refractivity (Wildman–Crippen MR) is 220 cm³/mol. The first-order valence-electron chi connectivity index (χ1n) is 17.3. The highest BCUT2D eigenvalue weighted by Crippen LogP contribution is 2.40. The molecule has 4 nitrogen and oxygen atoms in total. The molecule has 7 aromatic rings. The van der Waals surface area contributed by atoms with Crippen molar-refractivity contribution in [1.29, 1.82) is 0 Å². The van der Waals surface area contributed by atoms with Crippen LogP contribution in [0.5, 0.6) is 0 Å². The summed E-state index contributed by atoms with van der Waals surface area (Å²) < 4.78 is 0. The van der Waals surface area contributed by atoms with Crippen LogP contribution in [0, 0.1) is 13.8 Å². The van der Waals surface area contributed by atoms with E-state index in [1.54, 1.807) is 23.5 Å². The molecule has 0 atom stereocenters. The lowest BCUT2D eigenvalue weighted by Gasteiger charge is -2.07. The van der Waals surface area contributed by atoms with Crippen LogP contribution in [0.15, 0.2) is 153 Å². The van der Waals surface area contributed by atoms with Gasteiger partial charge >= 0.3 is 0 Å². The average Bonchev–Trinajstić information content (AvgIpc) is 4.02. The molecule has 6 heteroatoms. The third kappa shape index (κ3) is 6.32. The van der Waals surface area contributed by atoms with Crippen LogP contribution in [0.3, 0.4) is 0 Å². The van der Waals surface area contributed by atoms with Gasteiger partial charge in [-0.2, -0.15) is 0 Å². The highest BCUT2D eigenvalue weighted by Gasteiger charge is 2.18. The molecule has 0 saturated heterocycles. The van der Waals surface area contributed by atoms with E-state index < -0.39 is 0 Å². The van der Waals surface area contributed by atoms with Crippen molar-refractivity contribution in [2.24, 2.45) is 0 Å². The Morgan fingerprint density at radius 2 is 0.750 bits per heavy atom. The van der Waals surface area contributed by atoms with Crippen molar-refractivity contribution in [2.75, 3.05) is 0 Å². The van der Waals surface area contributed by atoms with Crippen molar-refractivity contribution >= 4 is 69.9 Å². The van der Waals surface area contributed by atoms with Crippen LogP contribution in [0.25, 0.3) is 68.6 Å². The highest BCUT2D eigenvalue weighted by atomic mass is 32.2. The van der Waals surface area contributed by atoms with Crippen molar-refractivity contribution in [2.45, 2.75) is 33.4 Å². The van der Waals surface area contributed by atoms with Gasteiger partial charge in [-0.1, -0.05) is 120 Å². The van der Waals surface area contributed by atoms with Gasteiger partial charge in [0.15, 0.2) is 0 Å². The van der Waals surface area contributed by atoms with Crippen LogP contribution >= 0.6 is 23.5 Å². The van der Waals surface area contributed by atoms with Gasteiger partial charge in [0.05, 0.1) is 43.6 Å². The number of hydrogen-bond donors (Lipinski definition) is 2. The second kappa shape index (κ2) is 13.7. The minimum Gasteiger partial charge on any atom is -0.354 e. The molecular weight excluding hydrogens is 673 g/mol. The largest absolute Gasteiger partial charge is 0.354 e. The maximum absolute atomic E-state index is 5.38. The van der Waals surface area contributed by atoms with E-state index in [4.69, 9.17) is 9.97 Å². The molecule has 3 aromatic heterocycles. The number of aromatic amines is 2. The molecule has 9 rings (SSSR count). The van der Waals surface area contributed by atoms with E-state index >= 15 is 0 Å². The molecule has 2 N–H and O–H groups in total. The molecule has 8 bridgehead atoms. The fraction of sp³-hybridized carbons (Fsp3) is 0.0435. The quantitative estimate of drug-likeness (QED) is 0.181. The Morgan fingerprint density at radius 1 is 0.385 bits per heavy atom. The molecule has 0 aliphatic carbocycles. The van der Waals surface area contributed by atoms with Crippen molar-refractivity contribution in [3.05, 3.63) is 167 Å². The zero-order valence-electron chi connectivity index (χ0n) is 28.7. The summed E-state index contributed by atoms with van der Waals surface area (Å²) in [6.45, 7) is 4.24. The van der Waals surface area contributed by atoms with Crippen LogP contribution in [0.1, 0.15) is 33.9 Å². The molecule has 2 aliphatic rings. The number of rotatable bonds is 6. The lowest BCUT2D eigenvalue weighted by atomic mass is 10.0. The summed E-state index contributed by atoms with van der Waals surface area (Å²) in [6, 6.07) is 47.1. The Bertz CT molecular complexity index is 2480. The lowest BCUT2D eigenvalue weighted by Crippen LogP contribution is -1.88. The van der Waals surface area contributed by atoms with Crippen LogP contribution in [0.4, 0.5) is 0 Å². The molecule has 0 spiro atoms. The second-order valence-electron chi connectivity index (χ2n) is 13.0. The lowest BCUT2D eigenvalue weighted by molar-refractivity contribution is 1.23. The van der Waals surface area contributed by atoms with Gasteiger partial charge in [-0.25, -0.2) is 9.97 Å². The first kappa shape index (κ1) is 32.1. The summed E-state index contributed by atoms with van der Waals surface area (Å²) in [7, 11) is 0. The minimum atomic E-state index is 0.911. The Hall–Kier alpha value is -5.82. The maximum atomic E-state index is 5.38. The SMILES string of the molecule is Cc1ccc(Sc2c3nc(c(-c4ccccc4)c4ccc([nH]4)c(Sc4ccc(C)cc4)c4nc(c(-c5ccccc5)c5ccc2[nH]5)C=C4)C=C3)cc1. The summed E-state index contributed by atoms with van der Waals surface area (Å²) >= 11 is 3.46. The summed E-state index contributed by atoms with van der Waals surface area (Å²) in [5, 5.41) is 0. The zero-order valence-corrected chi connectivity index (χ0v) is 30.4. The Balaban J connectivity index is 1.40. The molecule has 0 saturated carbocycles. The number of aryl methyl sites for hydroxylation is 2. The third-order valence-corrected chi connectivity index (χ3v) is 11.5. The van der Waals surface area contributed by atoms with Crippen molar-refractivity contribution in [1.82, 2.24) is 19.9 Å². The number of hydrogen-bond acceptors (Lipinski definition) is 4. The van der Waals surface area contributed by atoms with E-state index in [0.29, 0.717) is 0 Å². The van der Waals surface area contributed by atoms with Crippen LogP contribution in [0.2, 0.25) is 0 Å². The predicted octanol–water partition coefficient (Wildman–Crippen LogP) is 12.9. The van der Waals surface area contributed by atoms with Gasteiger partial charge in [0, 0.05) is 32.0 Å². The van der Waals surface area contributed by atoms with Gasteiger partial charge in [-0.05, 0) is 97.8 Å². The van der Waals surface area contributed by atoms with Gasteiger partial charge in [-0.3, -0.25) is 0 Å². The molecule has 0 amide bonds. The summed E-state index contributed by atoms with van der Waals surface area (Å²) in [5.41, 5.74) is 14.4. The summed E-state index contributed by atoms with van der Waals surface area (Å²) in [5.74, 6) is 0. The van der Waals surface area contributed by atoms with E-state index in [0.717, 1.165) is 86.7 Å². The Kier molecular flexibility index (Phi) is 8.47. The summed E-state index contributed by atoms with van der Waals surface area (Å²) in [6.07, 6.45) is 8.59. The number of aromatic nitrogens is 4. The van der Waals surface area contributed by atoms with Gasteiger partial charge in [-0.15, -0.1) is 0 Å². The molecule has 2 aliphatic heterocycles. The molecule has 0 fully saturated rings. The third-order valence-electron chi connectivity index (χ3n) is 9.26. The topological polar surface area (TPSA) is 57.4 Å². The van der Waals surface area contributed by atoms with E-state index in [9.17, 15) is 0 Å². The van der Waals surface area contributed by atoms with Crippen molar-refractivity contribution < 1.29 is 0 Å². The van der Waals surface area contributed by atoms with Crippen molar-refractivity contribution in [3.63, 3.8) is 0 Å². The smallest absolute Gasteiger partial charge is 0.0798 e. The molecular formula is C46H34N4S2. The first-order chi connectivity index (χ1) is 25.6. The molecule has 0 unspecified atom stereocenters. The number of H-pyrrole nitrogens is 2. The van der Waals surface area contributed by atoms with Gasteiger partial charge in [0.25, 0.3) is 0 Å². The van der Waals surface area contributed by atoms with Crippen LogP contribution in [-0.2, 0) is 0 Å². The van der Waals surface area contributed by atoms with E-state index in [-0.39, 0.29) is 0 Å². The molecule has 4 aromatic carbocycles. The van der Waals surface area contributed by atoms with E-state index in [2.05, 4.69) is 182 Å². The fourth-order valence-electron chi connectivity index (χ4n) is 6.63. The normalized spacial score (nSPS) is 12.0. The minimum absolute atomic E-state index is 0.911. The second-order valence-corrected chi connectivity index (χ2v) is 15.1. The van der Waals surface area contributed by atoms with E-state index in [1.807, 2.05) is 0 Å². The monoisotopic (exact) mass is 706 g/mol. The Labute approximate surface area is 311 Å². The molecule has 0 radical (unpaired) electrons. The number of benzene rings is 4. The number of nitrogens with zero attached hydrogens (tertiary/aromatic N) is 2. The molecule has 52 heavy (non-hydrogen) atoms. The molecule has 250 valence electrons. The van der Waals surface area contributed by atoms with Crippen LogP contribution in [-0.4, -0.2) is 19.9 Å². The average molecular weight is 707 g/mol. The maximum Gasteiger partial charge on any atom is 0.0798 e. The summed E-state index contributed by atoms with van der Waals surface area (Å²) in [4.78, 5) is 22.8. The highest BCUT2D eigenvalue weighted by molar-refractivity contribution is 7.99. The van der Waals surface area contributed by atoms with Crippen molar-refractivity contribution in [3.8, 4) is 22.3 Å². The zero-order chi connectivity index (χ0) is 35.0. The molecule has 5 heterocycles. The van der Waals surface area contributed by atoms with Gasteiger partial charge < -0.3 is 9.97 Å². The standard InChI is InChI=1S/C46H34N4S2/c1-29-13-17-33(18-14-29)51-45-39-25-21-35(47-39)43(31-9-5-3-6-10-31)37-23-27-41(49-37)46(52-34-19-15-30(2)16-20-34)42-28-24-38(50-42)44(32-11-7-4-8-12-32)36-22-26-40(45)48-36/h3-28,47,50H,1-2H3. The van der Waals surface area contributed by atoms with Crippen LogP contribution < -0.4 is 0 Å². The Morgan fingerprint density at radius 3 is 1.15 bits per heavy atom. The van der Waals surface area contributed by atoms with Gasteiger partial charge in [0.2, 0.25) is 0 Å². The van der Waals surface area contributed by atoms with E-state index in [1.165, 1.54) is 11.1 Å². The van der Waals surface area contributed by atoms with Gasteiger partial charge in [0.1, 0.15) is 0 Å².